The van der Waals surface area contributed by atoms with E-state index in [4.69, 9.17) is 4.74 Å². The minimum atomic E-state index is -3.85. The largest absolute Gasteiger partial charge is 0.497 e. The molecular weight excluding hydrogens is 526 g/mol. The minimum absolute atomic E-state index is 0.0132. The number of benzene rings is 4. The standard InChI is InChI=1S/C27H25N3O6S2/c1-19-8-9-20(18-26(19)30-38(34,35)24-6-4-3-5-7-24)27(31)28-21-12-16-25(17-13-21)37(32,33)29-22-10-14-23(36-2)15-11-22/h3-18,29-30H,1-2H3,(H,28,31). The van der Waals surface area contributed by atoms with Crippen LogP contribution in [-0.2, 0) is 20.0 Å². The summed E-state index contributed by atoms with van der Waals surface area (Å²) in [6.07, 6.45) is 0. The number of carbonyl (C=O) groups is 1. The fourth-order valence-electron chi connectivity index (χ4n) is 3.47. The third-order valence-corrected chi connectivity index (χ3v) is 8.34. The molecule has 196 valence electrons. The molecule has 0 aromatic heterocycles. The quantitative estimate of drug-likeness (QED) is 0.272. The molecule has 0 spiro atoms. The van der Waals surface area contributed by atoms with Gasteiger partial charge < -0.3 is 10.1 Å². The molecule has 0 aliphatic heterocycles. The molecule has 0 unspecified atom stereocenters. The highest BCUT2D eigenvalue weighted by atomic mass is 32.2. The maximum atomic E-state index is 12.9. The number of methoxy groups -OCH3 is 1. The minimum Gasteiger partial charge on any atom is -0.497 e. The van der Waals surface area contributed by atoms with E-state index < -0.39 is 26.0 Å². The van der Waals surface area contributed by atoms with Crippen molar-refractivity contribution in [2.75, 3.05) is 21.9 Å². The summed E-state index contributed by atoms with van der Waals surface area (Å²) in [5.74, 6) is 0.111. The van der Waals surface area contributed by atoms with Crippen LogP contribution in [0.4, 0.5) is 17.1 Å². The van der Waals surface area contributed by atoms with Gasteiger partial charge in [0.25, 0.3) is 26.0 Å². The third-order valence-electron chi connectivity index (χ3n) is 5.56. The lowest BCUT2D eigenvalue weighted by molar-refractivity contribution is 0.102. The van der Waals surface area contributed by atoms with Crippen molar-refractivity contribution in [3.63, 3.8) is 0 Å². The van der Waals surface area contributed by atoms with Gasteiger partial charge in [-0.2, -0.15) is 0 Å². The van der Waals surface area contributed by atoms with Gasteiger partial charge in [-0.05, 0) is 85.3 Å². The van der Waals surface area contributed by atoms with E-state index in [-0.39, 0.29) is 21.0 Å². The molecule has 38 heavy (non-hydrogen) atoms. The van der Waals surface area contributed by atoms with Crippen LogP contribution in [0.25, 0.3) is 0 Å². The van der Waals surface area contributed by atoms with Crippen molar-refractivity contribution in [1.29, 1.82) is 0 Å². The number of rotatable bonds is 9. The fourth-order valence-corrected chi connectivity index (χ4v) is 5.67. The van der Waals surface area contributed by atoms with Gasteiger partial charge in [0.2, 0.25) is 0 Å². The van der Waals surface area contributed by atoms with E-state index in [1.807, 2.05) is 0 Å². The molecule has 0 fully saturated rings. The van der Waals surface area contributed by atoms with Crippen molar-refractivity contribution in [3.05, 3.63) is 108 Å². The first-order valence-electron chi connectivity index (χ1n) is 11.3. The molecule has 0 atom stereocenters. The number of hydrogen-bond donors (Lipinski definition) is 3. The second-order valence-electron chi connectivity index (χ2n) is 8.26. The Labute approximate surface area is 221 Å². The summed E-state index contributed by atoms with van der Waals surface area (Å²) in [5, 5.41) is 2.70. The Kier molecular flexibility index (Phi) is 7.70. The van der Waals surface area contributed by atoms with Crippen LogP contribution >= 0.6 is 0 Å². The fraction of sp³-hybridized carbons (Fsp3) is 0.0741. The summed E-state index contributed by atoms with van der Waals surface area (Å²) in [5.41, 5.74) is 1.87. The van der Waals surface area contributed by atoms with E-state index in [0.29, 0.717) is 22.7 Å². The Morgan fingerprint density at radius 2 is 1.26 bits per heavy atom. The van der Waals surface area contributed by atoms with Crippen molar-refractivity contribution in [3.8, 4) is 5.75 Å². The number of amides is 1. The highest BCUT2D eigenvalue weighted by Crippen LogP contribution is 2.23. The number of anilines is 3. The smallest absolute Gasteiger partial charge is 0.261 e. The number of aryl methyl sites for hydroxylation is 1. The molecule has 11 heteroatoms. The first-order valence-corrected chi connectivity index (χ1v) is 14.3. The van der Waals surface area contributed by atoms with Crippen molar-refractivity contribution in [2.24, 2.45) is 0 Å². The molecule has 0 bridgehead atoms. The summed E-state index contributed by atoms with van der Waals surface area (Å²) >= 11 is 0. The Balaban J connectivity index is 1.46. The van der Waals surface area contributed by atoms with E-state index in [0.717, 1.165) is 0 Å². The molecule has 0 saturated carbocycles. The molecule has 1 amide bonds. The molecule has 3 N–H and O–H groups in total. The lowest BCUT2D eigenvalue weighted by Crippen LogP contribution is -2.16. The van der Waals surface area contributed by atoms with E-state index in [9.17, 15) is 21.6 Å². The number of nitrogens with one attached hydrogen (secondary N) is 3. The van der Waals surface area contributed by atoms with Crippen LogP contribution in [0.3, 0.4) is 0 Å². The number of hydrogen-bond acceptors (Lipinski definition) is 6. The first kappa shape index (κ1) is 26.7. The van der Waals surface area contributed by atoms with Crippen molar-refractivity contribution in [2.45, 2.75) is 16.7 Å². The topological polar surface area (TPSA) is 131 Å². The normalized spacial score (nSPS) is 11.4. The Morgan fingerprint density at radius 1 is 0.684 bits per heavy atom. The van der Waals surface area contributed by atoms with Gasteiger partial charge in [-0.3, -0.25) is 14.2 Å². The predicted molar refractivity (Wildman–Crippen MR) is 147 cm³/mol. The van der Waals surface area contributed by atoms with Gasteiger partial charge in [0.15, 0.2) is 0 Å². The molecule has 9 nitrogen and oxygen atoms in total. The monoisotopic (exact) mass is 551 g/mol. The van der Waals surface area contributed by atoms with Gasteiger partial charge in [0, 0.05) is 16.9 Å². The van der Waals surface area contributed by atoms with Gasteiger partial charge in [0.05, 0.1) is 22.6 Å². The molecule has 4 rings (SSSR count). The maximum absolute atomic E-state index is 12.9. The van der Waals surface area contributed by atoms with Gasteiger partial charge in [-0.1, -0.05) is 24.3 Å². The van der Waals surface area contributed by atoms with Crippen LogP contribution in [0.5, 0.6) is 5.75 Å². The lowest BCUT2D eigenvalue weighted by atomic mass is 10.1. The summed E-state index contributed by atoms with van der Waals surface area (Å²) in [6.45, 7) is 1.73. The third kappa shape index (κ3) is 6.31. The highest BCUT2D eigenvalue weighted by Gasteiger charge is 2.17. The molecule has 0 saturated heterocycles. The zero-order valence-corrected chi connectivity index (χ0v) is 22.1. The number of ether oxygens (including phenoxy) is 1. The van der Waals surface area contributed by atoms with Gasteiger partial charge in [-0.15, -0.1) is 0 Å². The predicted octanol–water partition coefficient (Wildman–Crippen LogP) is 4.86. The van der Waals surface area contributed by atoms with Crippen molar-refractivity contribution >= 4 is 43.0 Å². The summed E-state index contributed by atoms with van der Waals surface area (Å²) in [6, 6.07) is 24.7. The second-order valence-corrected chi connectivity index (χ2v) is 11.6. The van der Waals surface area contributed by atoms with Crippen molar-refractivity contribution < 1.29 is 26.4 Å². The SMILES string of the molecule is COc1ccc(NS(=O)(=O)c2ccc(NC(=O)c3ccc(C)c(NS(=O)(=O)c4ccccc4)c3)cc2)cc1. The zero-order valence-electron chi connectivity index (χ0n) is 20.5. The molecule has 4 aromatic rings. The van der Waals surface area contributed by atoms with E-state index in [1.165, 1.54) is 49.6 Å². The van der Waals surface area contributed by atoms with Gasteiger partial charge >= 0.3 is 0 Å². The molecule has 4 aromatic carbocycles. The highest BCUT2D eigenvalue weighted by molar-refractivity contribution is 7.93. The molecule has 0 aliphatic carbocycles. The Bertz CT molecular complexity index is 1650. The molecular formula is C27H25N3O6S2. The average molecular weight is 552 g/mol. The Morgan fingerprint density at radius 3 is 1.89 bits per heavy atom. The number of sulfonamides is 2. The summed E-state index contributed by atoms with van der Waals surface area (Å²) in [4.78, 5) is 13.0. The van der Waals surface area contributed by atoms with Crippen LogP contribution in [-0.4, -0.2) is 29.9 Å². The maximum Gasteiger partial charge on any atom is 0.261 e. The second kappa shape index (κ2) is 11.0. The molecule has 0 aliphatic rings. The van der Waals surface area contributed by atoms with Crippen LogP contribution in [0.1, 0.15) is 15.9 Å². The van der Waals surface area contributed by atoms with Crippen molar-refractivity contribution in [1.82, 2.24) is 0 Å². The zero-order chi connectivity index (χ0) is 27.3. The van der Waals surface area contributed by atoms with E-state index in [1.54, 1.807) is 61.5 Å². The summed E-state index contributed by atoms with van der Waals surface area (Å²) in [7, 11) is -6.16. The lowest BCUT2D eigenvalue weighted by Gasteiger charge is -2.13. The first-order chi connectivity index (χ1) is 18.1. The van der Waals surface area contributed by atoms with Gasteiger partial charge in [-0.25, -0.2) is 16.8 Å². The van der Waals surface area contributed by atoms with Crippen LogP contribution < -0.4 is 19.5 Å². The molecule has 0 radical (unpaired) electrons. The van der Waals surface area contributed by atoms with Crippen LogP contribution in [0.2, 0.25) is 0 Å². The average Bonchev–Trinajstić information content (AvgIpc) is 2.91. The van der Waals surface area contributed by atoms with Gasteiger partial charge in [0.1, 0.15) is 5.75 Å². The van der Waals surface area contributed by atoms with Crippen LogP contribution in [0, 0.1) is 6.92 Å². The van der Waals surface area contributed by atoms with E-state index in [2.05, 4.69) is 14.8 Å². The summed E-state index contributed by atoms with van der Waals surface area (Å²) < 4.78 is 60.9. The van der Waals surface area contributed by atoms with E-state index >= 15 is 0 Å². The number of carbonyl (C=O) groups excluding carboxylic acids is 1. The molecule has 0 heterocycles. The van der Waals surface area contributed by atoms with Crippen LogP contribution in [0.15, 0.2) is 107 Å². The Hall–Kier alpha value is -4.35.